The second-order valence-corrected chi connectivity index (χ2v) is 23.9. The van der Waals surface area contributed by atoms with E-state index in [1.54, 1.807) is 22.7 Å². The van der Waals surface area contributed by atoms with E-state index in [1.165, 1.54) is 42.4 Å². The lowest BCUT2D eigenvalue weighted by molar-refractivity contribution is -0.0443. The third-order valence-electron chi connectivity index (χ3n) is 15.6. The Morgan fingerprint density at radius 3 is 1.36 bits per heavy atom. The number of aryl methyl sites for hydroxylation is 4. The van der Waals surface area contributed by atoms with Gasteiger partial charge in [0.05, 0.1) is 39.6 Å². The van der Waals surface area contributed by atoms with Crippen LogP contribution in [0.4, 0.5) is 34.1 Å². The molecule has 84 heavy (non-hydrogen) atoms. The van der Waals surface area contributed by atoms with E-state index in [0.29, 0.717) is 39.6 Å². The molecule has 2 fully saturated rings. The van der Waals surface area contributed by atoms with Gasteiger partial charge < -0.3 is 38.2 Å². The summed E-state index contributed by atoms with van der Waals surface area (Å²) >= 11 is 3.59. The molecular formula is C74H68N2O6S2. The SMILES string of the molecule is Cc1cccc(N(c2ccccc2)c2ccc3sc(-c4cc(OCCCCc5cccc(C6OCCO6)c5)c(-c5cc6ccc(N(c7ccccc7)c7cccc(C)c7)cc6s5)cc4OCCCCc4cccc(C5OCCO5)c4)cc3c2)c1. The molecule has 9 aromatic carbocycles. The van der Waals surface area contributed by atoms with Crippen LogP contribution in [0.2, 0.25) is 0 Å². The average molecular weight is 1150 g/mol. The van der Waals surface area contributed by atoms with Crippen molar-refractivity contribution in [3.63, 3.8) is 0 Å². The number of benzene rings is 9. The summed E-state index contributed by atoms with van der Waals surface area (Å²) in [6.07, 6.45) is 4.99. The second-order valence-electron chi connectivity index (χ2n) is 21.8. The van der Waals surface area contributed by atoms with Crippen molar-refractivity contribution in [3.05, 3.63) is 252 Å². The number of rotatable bonds is 22. The summed E-state index contributed by atoms with van der Waals surface area (Å²) in [6.45, 7) is 7.93. The van der Waals surface area contributed by atoms with Gasteiger partial charge in [0.2, 0.25) is 0 Å². The summed E-state index contributed by atoms with van der Waals surface area (Å²) in [7, 11) is 0. The van der Waals surface area contributed by atoms with Crippen LogP contribution in [-0.4, -0.2) is 39.6 Å². The van der Waals surface area contributed by atoms with Gasteiger partial charge in [0.1, 0.15) is 11.5 Å². The molecule has 0 saturated carbocycles. The van der Waals surface area contributed by atoms with Crippen molar-refractivity contribution in [1.82, 2.24) is 0 Å². The van der Waals surface area contributed by atoms with Crippen molar-refractivity contribution < 1.29 is 28.4 Å². The van der Waals surface area contributed by atoms with Gasteiger partial charge in [0, 0.05) is 75.5 Å². The minimum absolute atomic E-state index is 0.287. The zero-order chi connectivity index (χ0) is 56.6. The predicted octanol–water partition coefficient (Wildman–Crippen LogP) is 19.9. The number of unbranched alkanes of at least 4 members (excludes halogenated alkanes) is 2. The van der Waals surface area contributed by atoms with Crippen molar-refractivity contribution in [1.29, 1.82) is 0 Å². The van der Waals surface area contributed by atoms with Crippen LogP contribution in [-0.2, 0) is 31.8 Å². The molecule has 422 valence electrons. The molecule has 0 spiro atoms. The van der Waals surface area contributed by atoms with E-state index in [4.69, 9.17) is 28.4 Å². The van der Waals surface area contributed by atoms with Crippen LogP contribution in [0.5, 0.6) is 11.5 Å². The molecule has 13 rings (SSSR count). The Kier molecular flexibility index (Phi) is 17.0. The van der Waals surface area contributed by atoms with E-state index in [9.17, 15) is 0 Å². The number of nitrogens with zero attached hydrogens (tertiary/aromatic N) is 2. The minimum Gasteiger partial charge on any atom is -0.493 e. The average Bonchev–Trinajstić information content (AvgIpc) is 4.42. The van der Waals surface area contributed by atoms with Gasteiger partial charge in [-0.05, 0) is 189 Å². The largest absolute Gasteiger partial charge is 0.493 e. The summed E-state index contributed by atoms with van der Waals surface area (Å²) in [4.78, 5) is 6.93. The number of hydrogen-bond acceptors (Lipinski definition) is 10. The van der Waals surface area contributed by atoms with Crippen molar-refractivity contribution in [3.8, 4) is 32.4 Å². The molecule has 2 aliphatic heterocycles. The highest BCUT2D eigenvalue weighted by atomic mass is 32.1. The molecule has 0 amide bonds. The Balaban J connectivity index is 0.861. The van der Waals surface area contributed by atoms with Gasteiger partial charge in [-0.2, -0.15) is 0 Å². The highest BCUT2D eigenvalue weighted by Crippen LogP contribution is 2.49. The summed E-state index contributed by atoms with van der Waals surface area (Å²) in [5.74, 6) is 1.69. The number of ether oxygens (including phenoxy) is 6. The molecule has 11 aromatic rings. The van der Waals surface area contributed by atoms with Gasteiger partial charge in [0.25, 0.3) is 0 Å². The second kappa shape index (κ2) is 25.8. The standard InChI is InChI=1S/C74H68N2O6S2/c1-51-17-13-29-61(41-51)75(59-25-5-3-6-26-59)63-33-34-69-58(45-63)47-72(83-69)66-50-67(77-35-11-9-19-53-21-15-23-56(43-53)73-79-37-38-80-73)65(49-68(66)78-36-12-10-20-54-22-16-24-57(44-54)74-81-39-40-82-74)71-46-55-31-32-64(48-70(55)84-71)76(60-27-7-4-8-28-60)62-30-14-18-52(2)42-62/h3-8,13-18,21-34,41-50,73-74H,9-12,19-20,35-40H2,1-2H3. The number of para-hydroxylation sites is 2. The third-order valence-corrected chi connectivity index (χ3v) is 17.9. The fourth-order valence-corrected chi connectivity index (χ4v) is 13.7. The molecule has 2 aromatic heterocycles. The van der Waals surface area contributed by atoms with Gasteiger partial charge in [-0.3, -0.25) is 0 Å². The van der Waals surface area contributed by atoms with E-state index in [-0.39, 0.29) is 12.6 Å². The molecule has 8 nitrogen and oxygen atoms in total. The van der Waals surface area contributed by atoms with Gasteiger partial charge in [0.15, 0.2) is 12.6 Å². The predicted molar refractivity (Wildman–Crippen MR) is 346 cm³/mol. The molecule has 4 heterocycles. The highest BCUT2D eigenvalue weighted by Gasteiger charge is 2.23. The van der Waals surface area contributed by atoms with Gasteiger partial charge in [-0.25, -0.2) is 0 Å². The summed E-state index contributed by atoms with van der Waals surface area (Å²) in [5, 5.41) is 2.34. The van der Waals surface area contributed by atoms with Crippen LogP contribution >= 0.6 is 22.7 Å². The lowest BCUT2D eigenvalue weighted by Crippen LogP contribution is -2.09. The van der Waals surface area contributed by atoms with E-state index in [2.05, 4.69) is 242 Å². The van der Waals surface area contributed by atoms with Gasteiger partial charge >= 0.3 is 0 Å². The van der Waals surface area contributed by atoms with Crippen LogP contribution in [0, 0.1) is 13.8 Å². The molecular weight excluding hydrogens is 1080 g/mol. The molecule has 0 aliphatic carbocycles. The maximum Gasteiger partial charge on any atom is 0.184 e. The van der Waals surface area contributed by atoms with Crippen molar-refractivity contribution in [2.45, 2.75) is 65.0 Å². The molecule has 0 N–H and O–H groups in total. The van der Waals surface area contributed by atoms with Gasteiger partial charge in [-0.1, -0.05) is 115 Å². The Morgan fingerprint density at radius 2 is 0.833 bits per heavy atom. The summed E-state index contributed by atoms with van der Waals surface area (Å²) < 4.78 is 39.9. The topological polar surface area (TPSA) is 61.9 Å². The fraction of sp³-hybridized carbons (Fsp3) is 0.216. The Bertz CT molecular complexity index is 3760. The van der Waals surface area contributed by atoms with Crippen LogP contribution in [0.1, 0.15) is 71.6 Å². The molecule has 2 aliphatic rings. The van der Waals surface area contributed by atoms with E-state index in [1.807, 2.05) is 0 Å². The van der Waals surface area contributed by atoms with E-state index >= 15 is 0 Å². The smallest absolute Gasteiger partial charge is 0.184 e. The quantitative estimate of drug-likeness (QED) is 0.0622. The van der Waals surface area contributed by atoms with Crippen molar-refractivity contribution in [2.75, 3.05) is 49.4 Å². The number of thiophene rings is 2. The number of hydrogen-bond donors (Lipinski definition) is 0. The molecule has 0 unspecified atom stereocenters. The molecule has 0 radical (unpaired) electrons. The van der Waals surface area contributed by atoms with Crippen molar-refractivity contribution >= 4 is 77.0 Å². The Hall–Kier alpha value is -8.06. The number of anilines is 6. The molecule has 0 atom stereocenters. The number of fused-ring (bicyclic) bond motifs is 2. The first kappa shape index (κ1) is 55.1. The maximum atomic E-state index is 7.09. The van der Waals surface area contributed by atoms with E-state index in [0.717, 1.165) is 116 Å². The highest BCUT2D eigenvalue weighted by molar-refractivity contribution is 7.22. The summed E-state index contributed by atoms with van der Waals surface area (Å²) in [5.41, 5.74) is 15.8. The molecule has 0 bridgehead atoms. The lowest BCUT2D eigenvalue weighted by atomic mass is 10.0. The minimum atomic E-state index is -0.287. The monoisotopic (exact) mass is 1140 g/mol. The van der Waals surface area contributed by atoms with Crippen LogP contribution in [0.25, 0.3) is 41.1 Å². The zero-order valence-corrected chi connectivity index (χ0v) is 49.2. The lowest BCUT2D eigenvalue weighted by Gasteiger charge is -2.25. The normalized spacial score (nSPS) is 13.7. The first-order valence-corrected chi connectivity index (χ1v) is 31.1. The van der Waals surface area contributed by atoms with E-state index < -0.39 is 0 Å². The van der Waals surface area contributed by atoms with Crippen LogP contribution < -0.4 is 19.3 Å². The fourth-order valence-electron chi connectivity index (χ4n) is 11.5. The third kappa shape index (κ3) is 12.7. The molecule has 2 saturated heterocycles. The van der Waals surface area contributed by atoms with Crippen LogP contribution in [0.3, 0.4) is 0 Å². The zero-order valence-electron chi connectivity index (χ0n) is 47.6. The molecule has 10 heteroatoms. The Labute approximate surface area is 501 Å². The summed E-state index contributed by atoms with van der Waals surface area (Å²) in [6, 6.07) is 78.8. The first-order valence-electron chi connectivity index (χ1n) is 29.4. The Morgan fingerprint density at radius 1 is 0.381 bits per heavy atom. The van der Waals surface area contributed by atoms with Gasteiger partial charge in [-0.15, -0.1) is 22.7 Å². The van der Waals surface area contributed by atoms with Crippen LogP contribution in [0.15, 0.2) is 218 Å². The maximum absolute atomic E-state index is 7.09. The first-order chi connectivity index (χ1) is 41.4. The van der Waals surface area contributed by atoms with Crippen molar-refractivity contribution in [2.24, 2.45) is 0 Å².